The molecule has 1 saturated heterocycles. The Bertz CT molecular complexity index is 484. The van der Waals surface area contributed by atoms with Crippen LogP contribution < -0.4 is 5.32 Å². The van der Waals surface area contributed by atoms with Gasteiger partial charge in [-0.25, -0.2) is 8.42 Å². The van der Waals surface area contributed by atoms with Crippen LogP contribution in [0.25, 0.3) is 0 Å². The number of rotatable bonds is 5. The predicted octanol–water partition coefficient (Wildman–Crippen LogP) is 0.843. The zero-order chi connectivity index (χ0) is 13.7. The van der Waals surface area contributed by atoms with E-state index in [0.717, 1.165) is 31.6 Å². The van der Waals surface area contributed by atoms with Crippen LogP contribution in [0.4, 0.5) is 0 Å². The van der Waals surface area contributed by atoms with Crippen molar-refractivity contribution in [3.05, 3.63) is 30.1 Å². The van der Waals surface area contributed by atoms with Crippen LogP contribution in [0, 0.1) is 5.92 Å². The van der Waals surface area contributed by atoms with Crippen molar-refractivity contribution in [2.75, 3.05) is 25.9 Å². The summed E-state index contributed by atoms with van der Waals surface area (Å²) in [5.41, 5.74) is 0.773. The van der Waals surface area contributed by atoms with Crippen LogP contribution >= 0.6 is 0 Å². The Kier molecular flexibility index (Phi) is 4.90. The van der Waals surface area contributed by atoms with E-state index in [1.807, 2.05) is 18.2 Å². The van der Waals surface area contributed by atoms with Gasteiger partial charge in [0.15, 0.2) is 0 Å². The number of nitrogens with one attached hydrogen (secondary N) is 1. The number of hydrogen-bond donors (Lipinski definition) is 1. The van der Waals surface area contributed by atoms with Gasteiger partial charge < -0.3 is 5.32 Å². The van der Waals surface area contributed by atoms with Crippen LogP contribution in [0.3, 0.4) is 0 Å². The van der Waals surface area contributed by atoms with E-state index in [1.165, 1.54) is 4.31 Å². The van der Waals surface area contributed by atoms with Crippen LogP contribution in [0.2, 0.25) is 0 Å². The highest BCUT2D eigenvalue weighted by Gasteiger charge is 2.25. The molecule has 6 heteroatoms. The molecule has 106 valence electrons. The van der Waals surface area contributed by atoms with Crippen molar-refractivity contribution in [3.8, 4) is 0 Å². The molecule has 0 saturated carbocycles. The Hall–Kier alpha value is -0.980. The van der Waals surface area contributed by atoms with Crippen molar-refractivity contribution in [2.45, 2.75) is 19.4 Å². The average molecular weight is 283 g/mol. The zero-order valence-corrected chi connectivity index (χ0v) is 12.1. The first-order valence-corrected chi connectivity index (χ1v) is 8.23. The van der Waals surface area contributed by atoms with Gasteiger partial charge in [0.1, 0.15) is 0 Å². The molecule has 0 aliphatic carbocycles. The van der Waals surface area contributed by atoms with Gasteiger partial charge in [0, 0.05) is 13.2 Å². The quantitative estimate of drug-likeness (QED) is 0.870. The maximum absolute atomic E-state index is 12.3. The Morgan fingerprint density at radius 2 is 2.32 bits per heavy atom. The Morgan fingerprint density at radius 3 is 2.95 bits per heavy atom. The molecule has 1 fully saturated rings. The summed E-state index contributed by atoms with van der Waals surface area (Å²) in [5.74, 6) is 0.452. The molecule has 2 rings (SSSR count). The highest BCUT2D eigenvalue weighted by Crippen LogP contribution is 2.15. The molecule has 5 nitrogen and oxygen atoms in total. The Labute approximate surface area is 115 Å². The second-order valence-corrected chi connectivity index (χ2v) is 7.19. The first-order chi connectivity index (χ1) is 9.08. The van der Waals surface area contributed by atoms with E-state index in [4.69, 9.17) is 0 Å². The second kappa shape index (κ2) is 6.45. The molecule has 1 atom stereocenters. The summed E-state index contributed by atoms with van der Waals surface area (Å²) >= 11 is 0. The zero-order valence-electron chi connectivity index (χ0n) is 11.2. The Morgan fingerprint density at radius 1 is 1.47 bits per heavy atom. The summed E-state index contributed by atoms with van der Waals surface area (Å²) in [6.45, 7) is 2.14. The minimum atomic E-state index is -3.20. The summed E-state index contributed by atoms with van der Waals surface area (Å²) in [4.78, 5) is 4.16. The maximum Gasteiger partial charge on any atom is 0.214 e. The fraction of sp³-hybridized carbons (Fsp3) is 0.615. The lowest BCUT2D eigenvalue weighted by Crippen LogP contribution is -2.38. The van der Waals surface area contributed by atoms with E-state index in [0.29, 0.717) is 6.54 Å². The molecule has 0 aromatic carbocycles. The van der Waals surface area contributed by atoms with E-state index >= 15 is 0 Å². The molecule has 1 unspecified atom stereocenters. The normalized spacial score (nSPS) is 20.6. The predicted molar refractivity (Wildman–Crippen MR) is 75.1 cm³/mol. The van der Waals surface area contributed by atoms with Gasteiger partial charge in [-0.2, -0.15) is 4.31 Å². The van der Waals surface area contributed by atoms with Crippen molar-refractivity contribution in [1.82, 2.24) is 14.6 Å². The van der Waals surface area contributed by atoms with E-state index < -0.39 is 10.0 Å². The molecule has 1 aromatic heterocycles. The lowest BCUT2D eigenvalue weighted by Gasteiger charge is -2.25. The fourth-order valence-corrected chi connectivity index (χ4v) is 3.77. The first kappa shape index (κ1) is 14.4. The molecule has 1 aliphatic heterocycles. The molecule has 1 N–H and O–H groups in total. The summed E-state index contributed by atoms with van der Waals surface area (Å²) in [5, 5.41) is 3.25. The lowest BCUT2D eigenvalue weighted by atomic mass is 10.0. The summed E-state index contributed by atoms with van der Waals surface area (Å²) in [6.07, 6.45) is 3.73. The topological polar surface area (TPSA) is 62.3 Å². The number of aromatic nitrogens is 1. The molecular formula is C13H21N3O2S. The van der Waals surface area contributed by atoms with Crippen molar-refractivity contribution in [1.29, 1.82) is 0 Å². The minimum absolute atomic E-state index is 0.226. The molecule has 0 bridgehead atoms. The molecule has 19 heavy (non-hydrogen) atoms. The van der Waals surface area contributed by atoms with E-state index in [1.54, 1.807) is 13.2 Å². The highest BCUT2D eigenvalue weighted by molar-refractivity contribution is 7.89. The van der Waals surface area contributed by atoms with Crippen molar-refractivity contribution in [2.24, 2.45) is 5.92 Å². The minimum Gasteiger partial charge on any atom is -0.316 e. The van der Waals surface area contributed by atoms with Gasteiger partial charge in [-0.3, -0.25) is 4.98 Å². The third-order valence-electron chi connectivity index (χ3n) is 3.43. The number of nitrogens with zero attached hydrogens (tertiary/aromatic N) is 2. The highest BCUT2D eigenvalue weighted by atomic mass is 32.2. The van der Waals surface area contributed by atoms with Gasteiger partial charge in [0.25, 0.3) is 0 Å². The van der Waals surface area contributed by atoms with Crippen LogP contribution in [0.1, 0.15) is 18.5 Å². The molecular weight excluding hydrogens is 262 g/mol. The smallest absolute Gasteiger partial charge is 0.214 e. The number of hydrogen-bond acceptors (Lipinski definition) is 4. The second-order valence-electron chi connectivity index (χ2n) is 5.07. The van der Waals surface area contributed by atoms with Gasteiger partial charge in [-0.1, -0.05) is 6.07 Å². The van der Waals surface area contributed by atoms with Crippen molar-refractivity contribution >= 4 is 10.0 Å². The van der Waals surface area contributed by atoms with Gasteiger partial charge in [-0.15, -0.1) is 0 Å². The average Bonchev–Trinajstić information content (AvgIpc) is 2.40. The lowest BCUT2D eigenvalue weighted by molar-refractivity contribution is 0.390. The number of sulfonamides is 1. The van der Waals surface area contributed by atoms with Gasteiger partial charge in [-0.05, 0) is 44.0 Å². The van der Waals surface area contributed by atoms with Crippen molar-refractivity contribution < 1.29 is 8.42 Å². The third kappa shape index (κ3) is 4.26. The Balaban J connectivity index is 1.94. The first-order valence-electron chi connectivity index (χ1n) is 6.62. The van der Waals surface area contributed by atoms with Crippen LogP contribution in [-0.4, -0.2) is 43.6 Å². The SMILES string of the molecule is CN(Cc1ccccn1)S(=O)(=O)CC1CCCNC1. The number of piperidine rings is 1. The molecule has 0 spiro atoms. The molecule has 1 aromatic rings. The van der Waals surface area contributed by atoms with Crippen molar-refractivity contribution in [3.63, 3.8) is 0 Å². The standard InChI is InChI=1S/C13H21N3O2S/c1-16(10-13-6-2-3-8-15-13)19(17,18)11-12-5-4-7-14-9-12/h2-3,6,8,12,14H,4-5,7,9-11H2,1H3. The monoisotopic (exact) mass is 283 g/mol. The molecule has 2 heterocycles. The van der Waals surface area contributed by atoms with E-state index in [-0.39, 0.29) is 11.7 Å². The van der Waals surface area contributed by atoms with Crippen LogP contribution in [-0.2, 0) is 16.6 Å². The van der Waals surface area contributed by atoms with Gasteiger partial charge in [0.05, 0.1) is 18.0 Å². The largest absolute Gasteiger partial charge is 0.316 e. The summed E-state index contributed by atoms with van der Waals surface area (Å²) in [7, 11) is -1.58. The summed E-state index contributed by atoms with van der Waals surface area (Å²) in [6, 6.07) is 5.54. The fourth-order valence-electron chi connectivity index (χ4n) is 2.31. The third-order valence-corrected chi connectivity index (χ3v) is 5.40. The molecule has 0 radical (unpaired) electrons. The number of pyridine rings is 1. The van der Waals surface area contributed by atoms with Gasteiger partial charge in [0.2, 0.25) is 10.0 Å². The van der Waals surface area contributed by atoms with Crippen LogP contribution in [0.5, 0.6) is 0 Å². The van der Waals surface area contributed by atoms with Crippen LogP contribution in [0.15, 0.2) is 24.4 Å². The van der Waals surface area contributed by atoms with E-state index in [2.05, 4.69) is 10.3 Å². The van der Waals surface area contributed by atoms with E-state index in [9.17, 15) is 8.42 Å². The maximum atomic E-state index is 12.3. The molecule has 0 amide bonds. The molecule has 1 aliphatic rings. The summed E-state index contributed by atoms with van der Waals surface area (Å²) < 4.78 is 26.0. The van der Waals surface area contributed by atoms with Gasteiger partial charge >= 0.3 is 0 Å².